The molecule has 0 heterocycles. The van der Waals surface area contributed by atoms with Gasteiger partial charge in [-0.1, -0.05) is 30.3 Å². The fourth-order valence-corrected chi connectivity index (χ4v) is 0.627. The molecule has 1 aromatic rings. The van der Waals surface area contributed by atoms with Crippen LogP contribution in [0.2, 0.25) is 0 Å². The molecule has 0 amide bonds. The fourth-order valence-electron chi connectivity index (χ4n) is 0.627. The van der Waals surface area contributed by atoms with E-state index in [-0.39, 0.29) is 5.34 Å². The predicted molar refractivity (Wildman–Crippen MR) is 39.1 cm³/mol. The van der Waals surface area contributed by atoms with Gasteiger partial charge in [0.15, 0.2) is 0 Å². The molecule has 0 aromatic heterocycles. The van der Waals surface area contributed by atoms with E-state index in [2.05, 4.69) is 0 Å². The summed E-state index contributed by atoms with van der Waals surface area (Å²) in [5, 5.41) is 8.38. The number of nitrogens with one attached hydrogen (secondary N) is 1. The topological polar surface area (TPSA) is 54.1 Å². The average Bonchev–Trinajstić information content (AvgIpc) is 2.06. The normalized spacial score (nSPS) is 9.77. The van der Waals surface area contributed by atoms with Crippen LogP contribution in [-0.4, -0.2) is 0 Å². The number of hydrogen-bond donors (Lipinski definition) is 1. The summed E-state index contributed by atoms with van der Waals surface area (Å²) < 4.78 is 35.4. The number of benzene rings is 1. The Hall–Kier alpha value is -1.59. The second-order valence-electron chi connectivity index (χ2n) is 1.95. The SMILES string of the molecule is FC(F)(F)c1ccccc1.O=[NH+][O-]. The van der Waals surface area contributed by atoms with E-state index in [1.165, 1.54) is 12.1 Å². The highest BCUT2D eigenvalue weighted by molar-refractivity contribution is 5.17. The molecule has 72 valence electrons. The maximum absolute atomic E-state index is 11.8. The molecule has 0 aliphatic rings. The van der Waals surface area contributed by atoms with Crippen LogP contribution >= 0.6 is 0 Å². The molecule has 0 radical (unpaired) electrons. The van der Waals surface area contributed by atoms with Gasteiger partial charge in [-0.05, 0) is 0 Å². The molecular formula is C7H6F3NO2. The summed E-state index contributed by atoms with van der Waals surface area (Å²) in [4.78, 5) is 8.12. The van der Waals surface area contributed by atoms with E-state index in [1.807, 2.05) is 0 Å². The van der Waals surface area contributed by atoms with Gasteiger partial charge in [0.25, 0.3) is 0 Å². The predicted octanol–water partition coefficient (Wildman–Crippen LogP) is 1.04. The lowest BCUT2D eigenvalue weighted by Gasteiger charge is -2.03. The Kier molecular flexibility index (Phi) is 4.50. The third-order valence-corrected chi connectivity index (χ3v) is 1.10. The molecule has 0 atom stereocenters. The Balaban J connectivity index is 0.000000424. The van der Waals surface area contributed by atoms with Gasteiger partial charge in [0.1, 0.15) is 0 Å². The standard InChI is InChI=1S/C7H5F3.HNO2/c8-7(9,10)6-4-2-1-3-5-6;2-1-3/h1-5H;1H. The van der Waals surface area contributed by atoms with Crippen LogP contribution in [0.15, 0.2) is 30.3 Å². The lowest BCUT2D eigenvalue weighted by Crippen LogP contribution is -2.53. The summed E-state index contributed by atoms with van der Waals surface area (Å²) in [6, 6.07) is 6.36. The Morgan fingerprint density at radius 2 is 1.54 bits per heavy atom. The van der Waals surface area contributed by atoms with Gasteiger partial charge >= 0.3 is 6.18 Å². The maximum Gasteiger partial charge on any atom is 0.416 e. The third-order valence-electron chi connectivity index (χ3n) is 1.10. The highest BCUT2D eigenvalue weighted by Crippen LogP contribution is 2.28. The van der Waals surface area contributed by atoms with Crippen LogP contribution in [0.1, 0.15) is 5.56 Å². The largest absolute Gasteiger partial charge is 0.416 e. The summed E-state index contributed by atoms with van der Waals surface area (Å²) in [7, 11) is 0. The van der Waals surface area contributed by atoms with Crippen molar-refractivity contribution in [3.05, 3.63) is 46.0 Å². The molecular weight excluding hydrogens is 187 g/mol. The lowest BCUT2D eigenvalue weighted by atomic mass is 10.2. The number of halogens is 3. The lowest BCUT2D eigenvalue weighted by molar-refractivity contribution is -0.398. The monoisotopic (exact) mass is 193 g/mol. The second-order valence-corrected chi connectivity index (χ2v) is 1.95. The second kappa shape index (κ2) is 5.13. The van der Waals surface area contributed by atoms with Crippen LogP contribution < -0.4 is 5.34 Å². The summed E-state index contributed by atoms with van der Waals surface area (Å²) in [6.07, 6.45) is -4.21. The van der Waals surface area contributed by atoms with Gasteiger partial charge in [0, 0.05) is 5.34 Å². The molecule has 6 heteroatoms. The first-order valence-corrected chi connectivity index (χ1v) is 3.14. The molecule has 0 unspecified atom stereocenters. The van der Waals surface area contributed by atoms with Crippen LogP contribution in [0, 0.1) is 10.1 Å². The van der Waals surface area contributed by atoms with Crippen molar-refractivity contribution in [3.8, 4) is 0 Å². The zero-order chi connectivity index (χ0) is 10.3. The first kappa shape index (κ1) is 11.4. The Labute approximate surface area is 71.7 Å². The van der Waals surface area contributed by atoms with Crippen molar-refractivity contribution in [2.24, 2.45) is 0 Å². The summed E-state index contributed by atoms with van der Waals surface area (Å²) in [5.74, 6) is 0. The molecule has 0 saturated heterocycles. The van der Waals surface area contributed by atoms with E-state index >= 15 is 0 Å². The minimum Gasteiger partial charge on any atom is -0.267 e. The highest BCUT2D eigenvalue weighted by atomic mass is 19.4. The average molecular weight is 193 g/mol. The Bertz CT molecular complexity index is 248. The minimum absolute atomic E-state index is 0.250. The van der Waals surface area contributed by atoms with Crippen molar-refractivity contribution in [1.29, 1.82) is 0 Å². The number of rotatable bonds is 0. The van der Waals surface area contributed by atoms with Crippen molar-refractivity contribution in [3.63, 3.8) is 0 Å². The molecule has 1 rings (SSSR count). The van der Waals surface area contributed by atoms with Gasteiger partial charge in [-0.25, -0.2) is 0 Å². The zero-order valence-corrected chi connectivity index (χ0v) is 6.34. The third kappa shape index (κ3) is 4.78. The van der Waals surface area contributed by atoms with E-state index in [4.69, 9.17) is 10.1 Å². The molecule has 3 nitrogen and oxygen atoms in total. The first-order chi connectivity index (χ1) is 6.02. The summed E-state index contributed by atoms with van der Waals surface area (Å²) >= 11 is 0. The van der Waals surface area contributed by atoms with E-state index in [0.717, 1.165) is 12.1 Å². The highest BCUT2D eigenvalue weighted by Gasteiger charge is 2.29. The Morgan fingerprint density at radius 1 is 1.15 bits per heavy atom. The molecule has 0 fully saturated rings. The van der Waals surface area contributed by atoms with Crippen LogP contribution in [-0.2, 0) is 6.18 Å². The molecule has 0 aliphatic carbocycles. The maximum atomic E-state index is 11.8. The number of hydrogen-bond acceptors (Lipinski definition) is 2. The van der Waals surface area contributed by atoms with E-state index in [1.54, 1.807) is 6.07 Å². The quantitative estimate of drug-likeness (QED) is 0.494. The summed E-state index contributed by atoms with van der Waals surface area (Å²) in [5.41, 5.74) is -0.602. The van der Waals surface area contributed by atoms with Gasteiger partial charge in [0.05, 0.1) is 5.56 Å². The van der Waals surface area contributed by atoms with Crippen molar-refractivity contribution < 1.29 is 18.5 Å². The smallest absolute Gasteiger partial charge is 0.267 e. The molecule has 0 saturated carbocycles. The van der Waals surface area contributed by atoms with Crippen molar-refractivity contribution >= 4 is 0 Å². The molecule has 0 aliphatic heterocycles. The fraction of sp³-hybridized carbons (Fsp3) is 0.143. The van der Waals surface area contributed by atoms with Gasteiger partial charge in [0.2, 0.25) is 0 Å². The van der Waals surface area contributed by atoms with Gasteiger partial charge in [-0.3, -0.25) is 10.1 Å². The number of alkyl halides is 3. The van der Waals surface area contributed by atoms with Crippen LogP contribution in [0.4, 0.5) is 13.2 Å². The van der Waals surface area contributed by atoms with Gasteiger partial charge in [-0.2, -0.15) is 13.2 Å². The van der Waals surface area contributed by atoms with Crippen LogP contribution in [0.5, 0.6) is 0 Å². The summed E-state index contributed by atoms with van der Waals surface area (Å²) in [6.45, 7) is 0. The molecule has 1 aromatic carbocycles. The van der Waals surface area contributed by atoms with Crippen molar-refractivity contribution in [2.45, 2.75) is 6.18 Å². The molecule has 0 bridgehead atoms. The zero-order valence-electron chi connectivity index (χ0n) is 6.34. The minimum atomic E-state index is -4.21. The van der Waals surface area contributed by atoms with Gasteiger partial charge in [-0.15, -0.1) is 0 Å². The van der Waals surface area contributed by atoms with E-state index in [0.29, 0.717) is 0 Å². The van der Waals surface area contributed by atoms with E-state index in [9.17, 15) is 13.2 Å². The van der Waals surface area contributed by atoms with Gasteiger partial charge < -0.3 is 0 Å². The van der Waals surface area contributed by atoms with E-state index < -0.39 is 11.7 Å². The van der Waals surface area contributed by atoms with Crippen LogP contribution in [0.25, 0.3) is 0 Å². The molecule has 13 heavy (non-hydrogen) atoms. The van der Waals surface area contributed by atoms with Crippen molar-refractivity contribution in [1.82, 2.24) is 0 Å². The molecule has 0 spiro atoms. The first-order valence-electron chi connectivity index (χ1n) is 3.14. The molecule has 1 N–H and O–H groups in total. The van der Waals surface area contributed by atoms with Crippen LogP contribution in [0.3, 0.4) is 0 Å². The van der Waals surface area contributed by atoms with Crippen molar-refractivity contribution in [2.75, 3.05) is 0 Å². The Morgan fingerprint density at radius 3 is 1.77 bits per heavy atom.